The zero-order valence-corrected chi connectivity index (χ0v) is 11.2. The molecule has 6 nitrogen and oxygen atoms in total. The molecule has 20 heavy (non-hydrogen) atoms. The second kappa shape index (κ2) is 4.32. The zero-order chi connectivity index (χ0) is 14.3. The number of rotatable bonds is 2. The van der Waals surface area contributed by atoms with Crippen molar-refractivity contribution in [2.45, 2.75) is 4.90 Å². The van der Waals surface area contributed by atoms with Gasteiger partial charge in [0, 0.05) is 16.6 Å². The molecule has 0 unspecified atom stereocenters. The molecule has 0 bridgehead atoms. The Labute approximate surface area is 115 Å². The molecule has 0 aliphatic heterocycles. The maximum absolute atomic E-state index is 11.7. The van der Waals surface area contributed by atoms with Crippen molar-refractivity contribution in [3.8, 4) is 11.3 Å². The highest BCUT2D eigenvalue weighted by Crippen LogP contribution is 2.32. The van der Waals surface area contributed by atoms with Crippen molar-refractivity contribution in [1.82, 2.24) is 10.2 Å². The van der Waals surface area contributed by atoms with Crippen LogP contribution in [0.25, 0.3) is 22.2 Å². The van der Waals surface area contributed by atoms with Crippen LogP contribution < -0.4 is 10.9 Å². The number of nitrogens with one attached hydrogen (secondary N) is 1. The lowest BCUT2D eigenvalue weighted by Gasteiger charge is -2.07. The molecule has 1 heterocycles. The first-order chi connectivity index (χ1) is 9.47. The fraction of sp³-hybridized carbons (Fsp3) is 0. The molecular formula is C13H12N4O2S. The number of benzene rings is 2. The summed E-state index contributed by atoms with van der Waals surface area (Å²) >= 11 is 0. The van der Waals surface area contributed by atoms with Gasteiger partial charge in [-0.1, -0.05) is 18.2 Å². The quantitative estimate of drug-likeness (QED) is 0.619. The molecule has 5 N–H and O–H groups in total. The molecule has 0 saturated heterocycles. The topological polar surface area (TPSA) is 115 Å². The van der Waals surface area contributed by atoms with E-state index < -0.39 is 10.0 Å². The van der Waals surface area contributed by atoms with Crippen LogP contribution in [0.1, 0.15) is 0 Å². The number of primary sulfonamides is 1. The van der Waals surface area contributed by atoms with Crippen molar-refractivity contribution in [2.24, 2.45) is 5.14 Å². The summed E-state index contributed by atoms with van der Waals surface area (Å²) in [5.74, 6) is 0. The van der Waals surface area contributed by atoms with Crippen LogP contribution in [0.5, 0.6) is 0 Å². The number of sulfonamides is 1. The second-order valence-corrected chi connectivity index (χ2v) is 5.95. The highest BCUT2D eigenvalue weighted by molar-refractivity contribution is 7.89. The summed E-state index contributed by atoms with van der Waals surface area (Å²) in [6.07, 6.45) is 0. The third-order valence-electron chi connectivity index (χ3n) is 3.04. The zero-order valence-electron chi connectivity index (χ0n) is 10.4. The standard InChI is InChI=1S/C13H12N4O2S/c14-8-5-6-12(20(15,18)19)10(7-8)13-9-3-1-2-4-11(9)16-17-13/h1-7H,14H2,(H,16,17)(H2,15,18,19). The van der Waals surface area contributed by atoms with Gasteiger partial charge < -0.3 is 5.73 Å². The lowest BCUT2D eigenvalue weighted by Crippen LogP contribution is -2.13. The van der Waals surface area contributed by atoms with E-state index in [1.165, 1.54) is 12.1 Å². The number of hydrogen-bond donors (Lipinski definition) is 3. The van der Waals surface area contributed by atoms with Gasteiger partial charge in [-0.15, -0.1) is 0 Å². The number of anilines is 1. The molecule has 0 saturated carbocycles. The third-order valence-corrected chi connectivity index (χ3v) is 4.00. The van der Waals surface area contributed by atoms with Crippen LogP contribution in [0.2, 0.25) is 0 Å². The largest absolute Gasteiger partial charge is 0.399 e. The number of H-pyrrole nitrogens is 1. The minimum Gasteiger partial charge on any atom is -0.399 e. The summed E-state index contributed by atoms with van der Waals surface area (Å²) in [4.78, 5) is 0.00366. The fourth-order valence-electron chi connectivity index (χ4n) is 2.15. The van der Waals surface area contributed by atoms with Gasteiger partial charge in [0.15, 0.2) is 0 Å². The number of aromatic amines is 1. The Morgan fingerprint density at radius 3 is 2.60 bits per heavy atom. The summed E-state index contributed by atoms with van der Waals surface area (Å²) in [6.45, 7) is 0. The average Bonchev–Trinajstić information content (AvgIpc) is 2.80. The number of nitrogens with zero attached hydrogens (tertiary/aromatic N) is 1. The minimum absolute atomic E-state index is 0.00366. The average molecular weight is 288 g/mol. The highest BCUT2D eigenvalue weighted by atomic mass is 32.2. The SMILES string of the molecule is Nc1ccc(S(N)(=O)=O)c(-c2n[nH]c3ccccc23)c1. The Morgan fingerprint density at radius 1 is 1.10 bits per heavy atom. The predicted octanol–water partition coefficient (Wildman–Crippen LogP) is 1.46. The first-order valence-corrected chi connectivity index (χ1v) is 7.37. The monoisotopic (exact) mass is 288 g/mol. The van der Waals surface area contributed by atoms with Gasteiger partial charge in [-0.05, 0) is 24.3 Å². The summed E-state index contributed by atoms with van der Waals surface area (Å²) in [5, 5.41) is 13.1. The minimum atomic E-state index is -3.85. The van der Waals surface area contributed by atoms with E-state index in [4.69, 9.17) is 10.9 Å². The molecule has 0 radical (unpaired) electrons. The number of nitrogen functional groups attached to an aromatic ring is 1. The first-order valence-electron chi connectivity index (χ1n) is 5.82. The molecule has 7 heteroatoms. The number of fused-ring (bicyclic) bond motifs is 1. The molecule has 3 aromatic rings. The van der Waals surface area contributed by atoms with Gasteiger partial charge in [0.1, 0.15) is 5.69 Å². The molecule has 0 aliphatic rings. The van der Waals surface area contributed by atoms with E-state index in [-0.39, 0.29) is 4.90 Å². The van der Waals surface area contributed by atoms with Gasteiger partial charge in [0.2, 0.25) is 10.0 Å². The summed E-state index contributed by atoms with van der Waals surface area (Å²) < 4.78 is 23.4. The lowest BCUT2D eigenvalue weighted by molar-refractivity contribution is 0.598. The van der Waals surface area contributed by atoms with Crippen LogP contribution in [-0.4, -0.2) is 18.6 Å². The molecule has 2 aromatic carbocycles. The maximum atomic E-state index is 11.7. The molecule has 0 amide bonds. The van der Waals surface area contributed by atoms with E-state index in [1.807, 2.05) is 24.3 Å². The van der Waals surface area contributed by atoms with Gasteiger partial charge in [-0.2, -0.15) is 5.10 Å². The number of para-hydroxylation sites is 1. The molecule has 0 atom stereocenters. The van der Waals surface area contributed by atoms with Crippen molar-refractivity contribution in [1.29, 1.82) is 0 Å². The Balaban J connectivity index is 2.37. The summed E-state index contributed by atoms with van der Waals surface area (Å²) in [6, 6.07) is 11.9. The Morgan fingerprint density at radius 2 is 1.85 bits per heavy atom. The maximum Gasteiger partial charge on any atom is 0.238 e. The van der Waals surface area contributed by atoms with Gasteiger partial charge in [-0.3, -0.25) is 5.10 Å². The van der Waals surface area contributed by atoms with E-state index in [0.717, 1.165) is 10.9 Å². The van der Waals surface area contributed by atoms with Gasteiger partial charge in [-0.25, -0.2) is 13.6 Å². The van der Waals surface area contributed by atoms with Crippen LogP contribution in [0.3, 0.4) is 0 Å². The van der Waals surface area contributed by atoms with Crippen molar-refractivity contribution in [3.05, 3.63) is 42.5 Å². The van der Waals surface area contributed by atoms with E-state index >= 15 is 0 Å². The van der Waals surface area contributed by atoms with Crippen LogP contribution in [-0.2, 0) is 10.0 Å². The summed E-state index contributed by atoms with van der Waals surface area (Å²) in [7, 11) is -3.85. The van der Waals surface area contributed by atoms with Gasteiger partial charge in [0.05, 0.1) is 10.4 Å². The molecule has 102 valence electrons. The van der Waals surface area contributed by atoms with Crippen LogP contribution >= 0.6 is 0 Å². The van der Waals surface area contributed by atoms with E-state index in [1.54, 1.807) is 6.07 Å². The third kappa shape index (κ3) is 2.02. The number of hydrogen-bond acceptors (Lipinski definition) is 4. The molecule has 0 aliphatic carbocycles. The highest BCUT2D eigenvalue weighted by Gasteiger charge is 2.19. The molecular weight excluding hydrogens is 276 g/mol. The fourth-order valence-corrected chi connectivity index (χ4v) is 2.87. The summed E-state index contributed by atoms with van der Waals surface area (Å²) in [5.41, 5.74) is 7.91. The molecule has 3 rings (SSSR count). The van der Waals surface area contributed by atoms with Gasteiger partial charge in [0.25, 0.3) is 0 Å². The van der Waals surface area contributed by atoms with Gasteiger partial charge >= 0.3 is 0 Å². The van der Waals surface area contributed by atoms with Crippen LogP contribution in [0.4, 0.5) is 5.69 Å². The van der Waals surface area contributed by atoms with Crippen molar-refractivity contribution in [3.63, 3.8) is 0 Å². The smallest absolute Gasteiger partial charge is 0.238 e. The molecule has 0 fully saturated rings. The van der Waals surface area contributed by atoms with Crippen molar-refractivity contribution < 1.29 is 8.42 Å². The second-order valence-electron chi connectivity index (χ2n) is 4.42. The van der Waals surface area contributed by atoms with E-state index in [9.17, 15) is 8.42 Å². The molecule has 1 aromatic heterocycles. The van der Waals surface area contributed by atoms with Crippen molar-refractivity contribution in [2.75, 3.05) is 5.73 Å². The first kappa shape index (κ1) is 12.6. The number of aromatic nitrogens is 2. The Hall–Kier alpha value is -2.38. The van der Waals surface area contributed by atoms with E-state index in [0.29, 0.717) is 16.9 Å². The van der Waals surface area contributed by atoms with Crippen molar-refractivity contribution >= 4 is 26.6 Å². The van der Waals surface area contributed by atoms with Crippen LogP contribution in [0, 0.1) is 0 Å². The molecule has 0 spiro atoms. The van der Waals surface area contributed by atoms with Crippen LogP contribution in [0.15, 0.2) is 47.4 Å². The van der Waals surface area contributed by atoms with E-state index in [2.05, 4.69) is 10.2 Å². The normalized spacial score (nSPS) is 11.8. The Kier molecular flexibility index (Phi) is 2.73. The number of nitrogens with two attached hydrogens (primary N) is 2. The Bertz CT molecular complexity index is 900. The lowest BCUT2D eigenvalue weighted by atomic mass is 10.1. The predicted molar refractivity (Wildman–Crippen MR) is 77.3 cm³/mol.